The van der Waals surface area contributed by atoms with Crippen LogP contribution in [-0.4, -0.2) is 11.4 Å². The summed E-state index contributed by atoms with van der Waals surface area (Å²) in [4.78, 5) is 12.0. The van der Waals surface area contributed by atoms with Gasteiger partial charge in [-0.25, -0.2) is 0 Å². The number of amides is 1. The molecular formula is C14H19N3O2. The fraction of sp³-hybridized carbons (Fsp3) is 0.571. The van der Waals surface area contributed by atoms with Crippen molar-refractivity contribution < 1.29 is 9.21 Å². The molecule has 1 aromatic heterocycles. The summed E-state index contributed by atoms with van der Waals surface area (Å²) in [5, 5.41) is 11.8. The highest BCUT2D eigenvalue weighted by Crippen LogP contribution is 2.30. The second-order valence-electron chi connectivity index (χ2n) is 5.27. The van der Waals surface area contributed by atoms with E-state index in [2.05, 4.69) is 11.4 Å². The maximum Gasteiger partial charge on any atom is 0.223 e. The van der Waals surface area contributed by atoms with E-state index in [1.54, 1.807) is 0 Å². The van der Waals surface area contributed by atoms with Gasteiger partial charge in [-0.2, -0.15) is 5.26 Å². The summed E-state index contributed by atoms with van der Waals surface area (Å²) in [6.07, 6.45) is 2.52. The van der Waals surface area contributed by atoms with Crippen molar-refractivity contribution in [2.24, 2.45) is 11.7 Å². The molecule has 102 valence electrons. The van der Waals surface area contributed by atoms with E-state index >= 15 is 0 Å². The lowest BCUT2D eigenvalue weighted by Crippen LogP contribution is -2.44. The first-order chi connectivity index (χ1) is 9.02. The van der Waals surface area contributed by atoms with Crippen LogP contribution < -0.4 is 11.1 Å². The Morgan fingerprint density at radius 3 is 2.79 bits per heavy atom. The maximum absolute atomic E-state index is 12.0. The number of hydrogen-bond donors (Lipinski definition) is 2. The predicted molar refractivity (Wildman–Crippen MR) is 69.8 cm³/mol. The van der Waals surface area contributed by atoms with Gasteiger partial charge in [-0.1, -0.05) is 0 Å². The van der Waals surface area contributed by atoms with E-state index in [0.717, 1.165) is 11.5 Å². The van der Waals surface area contributed by atoms with Crippen LogP contribution in [0.1, 0.15) is 37.2 Å². The van der Waals surface area contributed by atoms with Crippen LogP contribution in [-0.2, 0) is 11.3 Å². The van der Waals surface area contributed by atoms with Crippen molar-refractivity contribution >= 4 is 5.91 Å². The SMILES string of the molecule is Cc1ccc(CNC(=O)C2CCC(N)(C#N)CC2)o1. The molecule has 1 amide bonds. The zero-order valence-corrected chi connectivity index (χ0v) is 11.1. The molecule has 5 heteroatoms. The van der Waals surface area contributed by atoms with Crippen molar-refractivity contribution in [3.05, 3.63) is 23.7 Å². The number of nitrogens with one attached hydrogen (secondary N) is 1. The van der Waals surface area contributed by atoms with Crippen LogP contribution in [0, 0.1) is 24.2 Å². The monoisotopic (exact) mass is 261 g/mol. The van der Waals surface area contributed by atoms with E-state index in [4.69, 9.17) is 15.4 Å². The number of carbonyl (C=O) groups is 1. The third kappa shape index (κ3) is 3.36. The number of carbonyl (C=O) groups excluding carboxylic acids is 1. The lowest BCUT2D eigenvalue weighted by Gasteiger charge is -2.30. The molecule has 0 unspecified atom stereocenters. The van der Waals surface area contributed by atoms with E-state index in [0.29, 0.717) is 32.2 Å². The van der Waals surface area contributed by atoms with Crippen molar-refractivity contribution in [3.8, 4) is 6.07 Å². The number of nitriles is 1. The Balaban J connectivity index is 1.80. The third-order valence-corrected chi connectivity index (χ3v) is 3.70. The molecule has 1 saturated carbocycles. The number of aryl methyl sites for hydroxylation is 1. The molecule has 1 aliphatic carbocycles. The fourth-order valence-corrected chi connectivity index (χ4v) is 2.41. The zero-order valence-electron chi connectivity index (χ0n) is 11.1. The normalized spacial score (nSPS) is 26.7. The molecule has 2 rings (SSSR count). The highest BCUT2D eigenvalue weighted by molar-refractivity contribution is 5.78. The summed E-state index contributed by atoms with van der Waals surface area (Å²) in [5.74, 6) is 1.57. The summed E-state index contributed by atoms with van der Waals surface area (Å²) < 4.78 is 5.39. The zero-order chi connectivity index (χ0) is 13.9. The molecule has 5 nitrogen and oxygen atoms in total. The molecule has 0 bridgehead atoms. The number of nitrogens with two attached hydrogens (primary N) is 1. The summed E-state index contributed by atoms with van der Waals surface area (Å²) in [5.41, 5.74) is 5.14. The molecule has 0 aromatic carbocycles. The average molecular weight is 261 g/mol. The lowest BCUT2D eigenvalue weighted by atomic mass is 9.77. The Morgan fingerprint density at radius 2 is 2.26 bits per heavy atom. The number of furan rings is 1. The van der Waals surface area contributed by atoms with E-state index in [-0.39, 0.29) is 11.8 Å². The summed E-state index contributed by atoms with van der Waals surface area (Å²) >= 11 is 0. The van der Waals surface area contributed by atoms with Gasteiger partial charge in [0.2, 0.25) is 5.91 Å². The Bertz CT molecular complexity index is 493. The first kappa shape index (κ1) is 13.6. The lowest BCUT2D eigenvalue weighted by molar-refractivity contribution is -0.126. The Hall–Kier alpha value is -1.80. The molecule has 1 aromatic rings. The Morgan fingerprint density at radius 1 is 1.58 bits per heavy atom. The van der Waals surface area contributed by atoms with Gasteiger partial charge >= 0.3 is 0 Å². The smallest absolute Gasteiger partial charge is 0.223 e. The average Bonchev–Trinajstić information content (AvgIpc) is 2.83. The van der Waals surface area contributed by atoms with Crippen LogP contribution in [0.25, 0.3) is 0 Å². The minimum atomic E-state index is -0.741. The highest BCUT2D eigenvalue weighted by Gasteiger charge is 2.34. The highest BCUT2D eigenvalue weighted by atomic mass is 16.3. The Kier molecular flexibility index (Phi) is 3.91. The topological polar surface area (TPSA) is 92.0 Å². The minimum Gasteiger partial charge on any atom is -0.465 e. The van der Waals surface area contributed by atoms with Crippen molar-refractivity contribution in [1.29, 1.82) is 5.26 Å². The van der Waals surface area contributed by atoms with Gasteiger partial charge in [0.15, 0.2) is 0 Å². The summed E-state index contributed by atoms with van der Waals surface area (Å²) in [6, 6.07) is 5.86. The first-order valence-corrected chi connectivity index (χ1v) is 6.55. The van der Waals surface area contributed by atoms with Crippen LogP contribution in [0.5, 0.6) is 0 Å². The van der Waals surface area contributed by atoms with Crippen LogP contribution in [0.2, 0.25) is 0 Å². The van der Waals surface area contributed by atoms with Crippen LogP contribution >= 0.6 is 0 Å². The van der Waals surface area contributed by atoms with Crippen molar-refractivity contribution in [2.75, 3.05) is 0 Å². The van der Waals surface area contributed by atoms with Gasteiger partial charge in [0.1, 0.15) is 17.1 Å². The van der Waals surface area contributed by atoms with Gasteiger partial charge in [0.25, 0.3) is 0 Å². The van der Waals surface area contributed by atoms with E-state index in [1.165, 1.54) is 0 Å². The maximum atomic E-state index is 12.0. The summed E-state index contributed by atoms with van der Waals surface area (Å²) in [7, 11) is 0. The molecule has 1 aliphatic rings. The second kappa shape index (κ2) is 5.45. The molecule has 0 saturated heterocycles. The van der Waals surface area contributed by atoms with Crippen molar-refractivity contribution in [1.82, 2.24) is 5.32 Å². The predicted octanol–water partition coefficient (Wildman–Crippen LogP) is 1.62. The quantitative estimate of drug-likeness (QED) is 0.864. The molecule has 0 aliphatic heterocycles. The summed E-state index contributed by atoms with van der Waals surface area (Å²) in [6.45, 7) is 2.28. The van der Waals surface area contributed by atoms with Crippen LogP contribution in [0.4, 0.5) is 0 Å². The van der Waals surface area contributed by atoms with E-state index < -0.39 is 5.54 Å². The molecule has 19 heavy (non-hydrogen) atoms. The van der Waals surface area contributed by atoms with E-state index in [9.17, 15) is 4.79 Å². The van der Waals surface area contributed by atoms with Crippen molar-refractivity contribution in [3.63, 3.8) is 0 Å². The number of rotatable bonds is 3. The van der Waals surface area contributed by atoms with Gasteiger partial charge in [0, 0.05) is 5.92 Å². The van der Waals surface area contributed by atoms with Crippen LogP contribution in [0.15, 0.2) is 16.5 Å². The molecule has 0 atom stereocenters. The molecule has 3 N–H and O–H groups in total. The first-order valence-electron chi connectivity index (χ1n) is 6.55. The number of hydrogen-bond acceptors (Lipinski definition) is 4. The van der Waals surface area contributed by atoms with Gasteiger partial charge < -0.3 is 15.5 Å². The van der Waals surface area contributed by atoms with Gasteiger partial charge in [-0.05, 0) is 44.7 Å². The van der Waals surface area contributed by atoms with Gasteiger partial charge in [-0.3, -0.25) is 4.79 Å². The molecule has 1 fully saturated rings. The Labute approximate surface area is 112 Å². The second-order valence-corrected chi connectivity index (χ2v) is 5.27. The van der Waals surface area contributed by atoms with E-state index in [1.807, 2.05) is 19.1 Å². The number of nitrogens with zero attached hydrogens (tertiary/aromatic N) is 1. The van der Waals surface area contributed by atoms with Gasteiger partial charge in [0.05, 0.1) is 12.6 Å². The van der Waals surface area contributed by atoms with Crippen molar-refractivity contribution in [2.45, 2.75) is 44.7 Å². The fourth-order valence-electron chi connectivity index (χ4n) is 2.41. The molecule has 1 heterocycles. The molecule has 0 radical (unpaired) electrons. The molecule has 0 spiro atoms. The molecular weight excluding hydrogens is 242 g/mol. The largest absolute Gasteiger partial charge is 0.465 e. The van der Waals surface area contributed by atoms with Crippen LogP contribution in [0.3, 0.4) is 0 Å². The minimum absolute atomic E-state index is 0.0223. The van der Waals surface area contributed by atoms with Gasteiger partial charge in [-0.15, -0.1) is 0 Å². The standard InChI is InChI=1S/C14H19N3O2/c1-10-2-3-12(19-10)8-17-13(18)11-4-6-14(16,9-15)7-5-11/h2-3,11H,4-8,16H2,1H3,(H,17,18). The third-order valence-electron chi connectivity index (χ3n) is 3.70.